The molecular formula is C8H18ClNO. The molecule has 0 aromatic rings. The van der Waals surface area contributed by atoms with Crippen LogP contribution in [-0.4, -0.2) is 24.9 Å². The molecule has 1 heterocycles. The predicted octanol–water partition coefficient (Wildman–Crippen LogP) is -3.21. The van der Waals surface area contributed by atoms with Crippen LogP contribution in [0.3, 0.4) is 0 Å². The van der Waals surface area contributed by atoms with E-state index < -0.39 is 0 Å². The second-order valence-corrected chi connectivity index (χ2v) is 3.18. The number of nitrogens with one attached hydrogen (secondary N) is 1. The van der Waals surface area contributed by atoms with Crippen LogP contribution in [0.25, 0.3) is 0 Å². The van der Waals surface area contributed by atoms with Crippen LogP contribution in [-0.2, 0) is 0 Å². The third-order valence-corrected chi connectivity index (χ3v) is 2.28. The summed E-state index contributed by atoms with van der Waals surface area (Å²) in [6, 6.07) is 0. The van der Waals surface area contributed by atoms with E-state index in [4.69, 9.17) is 5.11 Å². The number of aliphatic hydroxyl groups excluding tert-OH is 1. The summed E-state index contributed by atoms with van der Waals surface area (Å²) in [5.41, 5.74) is 0. The Morgan fingerprint density at radius 2 is 1.36 bits per heavy atom. The maximum absolute atomic E-state index is 8.87. The molecule has 2 N–H and O–H groups in total. The van der Waals surface area contributed by atoms with Gasteiger partial charge in [0, 0.05) is 0 Å². The Kier molecular flexibility index (Phi) is 7.02. The van der Waals surface area contributed by atoms with Crippen LogP contribution in [0.2, 0.25) is 0 Å². The van der Waals surface area contributed by atoms with Crippen LogP contribution in [0, 0.1) is 0 Å². The third kappa shape index (κ3) is 4.62. The highest BCUT2D eigenvalue weighted by Crippen LogP contribution is 2.02. The van der Waals surface area contributed by atoms with Gasteiger partial charge in [0.1, 0.15) is 0 Å². The van der Waals surface area contributed by atoms with Crippen LogP contribution in [0.5, 0.6) is 0 Å². The van der Waals surface area contributed by atoms with Gasteiger partial charge in [-0.25, -0.2) is 0 Å². The van der Waals surface area contributed by atoms with Gasteiger partial charge in [0.05, 0.1) is 13.1 Å². The van der Waals surface area contributed by atoms with Crippen molar-refractivity contribution in [3.63, 3.8) is 0 Å². The average molecular weight is 180 g/mol. The highest BCUT2D eigenvalue weighted by Gasteiger charge is 2.08. The molecule has 0 radical (unpaired) electrons. The van der Waals surface area contributed by atoms with Crippen molar-refractivity contribution >= 4 is 0 Å². The van der Waals surface area contributed by atoms with E-state index in [1.165, 1.54) is 50.1 Å². The van der Waals surface area contributed by atoms with Crippen molar-refractivity contribution in [1.82, 2.24) is 0 Å². The van der Waals surface area contributed by atoms with Crippen molar-refractivity contribution in [2.24, 2.45) is 0 Å². The molecule has 1 fully saturated rings. The Balaban J connectivity index is 0.000001000. The largest absolute Gasteiger partial charge is 1.00 e. The summed E-state index contributed by atoms with van der Waals surface area (Å²) < 4.78 is 0. The molecule has 0 spiro atoms. The van der Waals surface area contributed by atoms with Crippen LogP contribution >= 0.6 is 0 Å². The summed E-state index contributed by atoms with van der Waals surface area (Å²) in [5.74, 6) is 0. The topological polar surface area (TPSA) is 24.7 Å². The van der Waals surface area contributed by atoms with E-state index in [0.717, 1.165) is 0 Å². The Morgan fingerprint density at radius 1 is 0.909 bits per heavy atom. The quantitative estimate of drug-likeness (QED) is 0.436. The third-order valence-electron chi connectivity index (χ3n) is 2.28. The molecule has 0 atom stereocenters. The second-order valence-electron chi connectivity index (χ2n) is 3.18. The van der Waals surface area contributed by atoms with E-state index in [9.17, 15) is 0 Å². The molecule has 0 aliphatic carbocycles. The molecule has 0 bridgehead atoms. The summed E-state index contributed by atoms with van der Waals surface area (Å²) >= 11 is 0. The molecule has 1 rings (SSSR count). The van der Waals surface area contributed by atoms with Gasteiger partial charge in [-0.05, 0) is 25.7 Å². The number of halogens is 1. The minimum atomic E-state index is 0. The first-order chi connectivity index (χ1) is 4.93. The van der Waals surface area contributed by atoms with E-state index in [0.29, 0.717) is 6.73 Å². The number of quaternary nitrogens is 1. The molecule has 1 saturated heterocycles. The number of likely N-dealkylation sites (tertiary alicyclic amines) is 1. The zero-order chi connectivity index (χ0) is 7.23. The first-order valence-corrected chi connectivity index (χ1v) is 4.38. The molecule has 0 amide bonds. The molecule has 1 aliphatic heterocycles. The molecule has 3 heteroatoms. The maximum Gasteiger partial charge on any atom is 0.178 e. The first kappa shape index (κ1) is 11.2. The number of hydrogen-bond donors (Lipinski definition) is 2. The van der Waals surface area contributed by atoms with Gasteiger partial charge in [-0.15, -0.1) is 0 Å². The maximum atomic E-state index is 8.87. The SMILES string of the molecule is OC[NH+]1CCCCCCC1.[Cl-]. The Bertz CT molecular complexity index is 82.2. The summed E-state index contributed by atoms with van der Waals surface area (Å²) in [6.07, 6.45) is 6.73. The highest BCUT2D eigenvalue weighted by atomic mass is 35.5. The van der Waals surface area contributed by atoms with E-state index in [-0.39, 0.29) is 12.4 Å². The van der Waals surface area contributed by atoms with Gasteiger partial charge in [-0.2, -0.15) is 0 Å². The summed E-state index contributed by atoms with van der Waals surface area (Å²) in [7, 11) is 0. The fourth-order valence-corrected chi connectivity index (χ4v) is 1.56. The number of aliphatic hydroxyl groups is 1. The monoisotopic (exact) mass is 179 g/mol. The van der Waals surface area contributed by atoms with Gasteiger partial charge < -0.3 is 22.4 Å². The van der Waals surface area contributed by atoms with E-state index in [1.54, 1.807) is 0 Å². The van der Waals surface area contributed by atoms with Crippen molar-refractivity contribution in [3.05, 3.63) is 0 Å². The van der Waals surface area contributed by atoms with Crippen LogP contribution in [0.4, 0.5) is 0 Å². The predicted molar refractivity (Wildman–Crippen MR) is 40.9 cm³/mol. The van der Waals surface area contributed by atoms with Crippen LogP contribution < -0.4 is 17.3 Å². The summed E-state index contributed by atoms with van der Waals surface area (Å²) in [6.45, 7) is 2.69. The van der Waals surface area contributed by atoms with Crippen molar-refractivity contribution in [3.8, 4) is 0 Å². The van der Waals surface area contributed by atoms with E-state index in [1.807, 2.05) is 0 Å². The molecule has 0 aromatic heterocycles. The Morgan fingerprint density at radius 3 is 1.82 bits per heavy atom. The number of rotatable bonds is 1. The highest BCUT2D eigenvalue weighted by molar-refractivity contribution is 4.46. The van der Waals surface area contributed by atoms with E-state index in [2.05, 4.69) is 0 Å². The molecule has 0 aromatic carbocycles. The normalized spacial score (nSPS) is 21.5. The molecule has 11 heavy (non-hydrogen) atoms. The van der Waals surface area contributed by atoms with Crippen molar-refractivity contribution in [2.45, 2.75) is 32.1 Å². The first-order valence-electron chi connectivity index (χ1n) is 4.38. The van der Waals surface area contributed by atoms with Crippen LogP contribution in [0.1, 0.15) is 32.1 Å². The van der Waals surface area contributed by atoms with Crippen molar-refractivity contribution in [1.29, 1.82) is 0 Å². The zero-order valence-corrected chi connectivity index (χ0v) is 7.74. The standard InChI is InChI=1S/C8H17NO.ClH/c10-8-9-6-4-2-1-3-5-7-9;/h10H,1-8H2;1H. The minimum absolute atomic E-state index is 0. The zero-order valence-electron chi connectivity index (χ0n) is 6.98. The van der Waals surface area contributed by atoms with Gasteiger partial charge in [0.25, 0.3) is 0 Å². The van der Waals surface area contributed by atoms with Crippen LogP contribution in [0.15, 0.2) is 0 Å². The lowest BCUT2D eigenvalue weighted by Gasteiger charge is -2.18. The molecular weight excluding hydrogens is 162 g/mol. The molecule has 1 aliphatic rings. The molecule has 0 unspecified atom stereocenters. The fourth-order valence-electron chi connectivity index (χ4n) is 1.56. The van der Waals surface area contributed by atoms with Crippen molar-refractivity contribution in [2.75, 3.05) is 19.8 Å². The fraction of sp³-hybridized carbons (Fsp3) is 1.00. The second kappa shape index (κ2) is 6.89. The van der Waals surface area contributed by atoms with Gasteiger partial charge in [0.2, 0.25) is 0 Å². The van der Waals surface area contributed by atoms with Gasteiger partial charge >= 0.3 is 0 Å². The minimum Gasteiger partial charge on any atom is -1.00 e. The average Bonchev–Trinajstić information content (AvgIpc) is 1.87. The Hall–Kier alpha value is 0.210. The Labute approximate surface area is 75.0 Å². The van der Waals surface area contributed by atoms with Gasteiger partial charge in [0.15, 0.2) is 6.73 Å². The number of hydrogen-bond acceptors (Lipinski definition) is 1. The molecule has 68 valence electrons. The molecule has 0 saturated carbocycles. The summed E-state index contributed by atoms with van der Waals surface area (Å²) in [4.78, 5) is 1.37. The van der Waals surface area contributed by atoms with E-state index >= 15 is 0 Å². The smallest absolute Gasteiger partial charge is 0.178 e. The van der Waals surface area contributed by atoms with Gasteiger partial charge in [-0.1, -0.05) is 6.42 Å². The van der Waals surface area contributed by atoms with Gasteiger partial charge in [-0.3, -0.25) is 0 Å². The van der Waals surface area contributed by atoms with Crippen molar-refractivity contribution < 1.29 is 22.4 Å². The lowest BCUT2D eigenvalue weighted by atomic mass is 10.1. The lowest BCUT2D eigenvalue weighted by Crippen LogP contribution is -3.12. The summed E-state index contributed by atoms with van der Waals surface area (Å²) in [5, 5.41) is 8.87. The lowest BCUT2D eigenvalue weighted by molar-refractivity contribution is -0.919. The molecule has 2 nitrogen and oxygen atoms in total.